The molecule has 0 bridgehead atoms. The van der Waals surface area contributed by atoms with Crippen molar-refractivity contribution in [1.82, 2.24) is 0 Å². The van der Waals surface area contributed by atoms with E-state index < -0.39 is 5.97 Å². The molecule has 1 amide bonds. The standard InChI is InChI=1S/C21H17NO3S/c23-20(22-19-9-5-4-8-18(19)21(24)25)16-12-10-15(11-13-16)14-26-17-6-2-1-3-7-17/h1-13H,14H2,(H,22,23)(H,24,25). The fourth-order valence-corrected chi connectivity index (χ4v) is 3.28. The summed E-state index contributed by atoms with van der Waals surface area (Å²) in [6.07, 6.45) is 0. The predicted octanol–water partition coefficient (Wildman–Crippen LogP) is 4.93. The Morgan fingerprint density at radius 3 is 2.19 bits per heavy atom. The largest absolute Gasteiger partial charge is 0.478 e. The number of thioether (sulfide) groups is 1. The Hall–Kier alpha value is -3.05. The van der Waals surface area contributed by atoms with Crippen LogP contribution in [-0.2, 0) is 5.75 Å². The molecule has 5 heteroatoms. The number of carboxylic acid groups (broad SMARTS) is 1. The lowest BCUT2D eigenvalue weighted by Crippen LogP contribution is -2.14. The zero-order valence-corrected chi connectivity index (χ0v) is 14.7. The van der Waals surface area contributed by atoms with Crippen molar-refractivity contribution < 1.29 is 14.7 Å². The lowest BCUT2D eigenvalue weighted by atomic mass is 10.1. The number of anilines is 1. The number of aromatic carboxylic acids is 1. The summed E-state index contributed by atoms with van der Waals surface area (Å²) in [6.45, 7) is 0. The van der Waals surface area contributed by atoms with E-state index in [1.807, 2.05) is 30.3 Å². The fourth-order valence-electron chi connectivity index (χ4n) is 2.41. The topological polar surface area (TPSA) is 66.4 Å². The number of carbonyl (C=O) groups excluding carboxylic acids is 1. The lowest BCUT2D eigenvalue weighted by molar-refractivity contribution is 0.0698. The predicted molar refractivity (Wildman–Crippen MR) is 104 cm³/mol. The van der Waals surface area contributed by atoms with Crippen molar-refractivity contribution in [3.8, 4) is 0 Å². The summed E-state index contributed by atoms with van der Waals surface area (Å²) in [5.74, 6) is -0.594. The van der Waals surface area contributed by atoms with Gasteiger partial charge >= 0.3 is 5.97 Å². The monoisotopic (exact) mass is 363 g/mol. The maximum Gasteiger partial charge on any atom is 0.337 e. The molecule has 0 spiro atoms. The molecule has 3 aromatic rings. The highest BCUT2D eigenvalue weighted by Crippen LogP contribution is 2.22. The van der Waals surface area contributed by atoms with E-state index in [0.717, 1.165) is 11.3 Å². The third kappa shape index (κ3) is 4.52. The minimum absolute atomic E-state index is 0.0664. The Morgan fingerprint density at radius 2 is 1.50 bits per heavy atom. The number of amides is 1. The molecule has 0 fully saturated rings. The Labute approximate surface area is 155 Å². The van der Waals surface area contributed by atoms with Gasteiger partial charge in [-0.15, -0.1) is 11.8 Å². The number of rotatable bonds is 6. The maximum absolute atomic E-state index is 12.4. The van der Waals surface area contributed by atoms with Crippen LogP contribution in [0.3, 0.4) is 0 Å². The van der Waals surface area contributed by atoms with E-state index in [0.29, 0.717) is 5.56 Å². The second-order valence-electron chi connectivity index (χ2n) is 5.60. The SMILES string of the molecule is O=C(Nc1ccccc1C(=O)O)c1ccc(CSc2ccccc2)cc1. The Balaban J connectivity index is 1.65. The van der Waals surface area contributed by atoms with Gasteiger partial charge in [0.05, 0.1) is 11.3 Å². The summed E-state index contributed by atoms with van der Waals surface area (Å²) in [6, 6.07) is 23.8. The molecule has 0 saturated heterocycles. The molecule has 0 atom stereocenters. The Bertz CT molecular complexity index is 908. The summed E-state index contributed by atoms with van der Waals surface area (Å²) >= 11 is 1.73. The minimum Gasteiger partial charge on any atom is -0.478 e. The molecule has 0 unspecified atom stereocenters. The molecule has 0 aliphatic rings. The average Bonchev–Trinajstić information content (AvgIpc) is 2.68. The first-order chi connectivity index (χ1) is 12.6. The van der Waals surface area contributed by atoms with E-state index in [1.54, 1.807) is 42.1 Å². The number of hydrogen-bond donors (Lipinski definition) is 2. The van der Waals surface area contributed by atoms with Crippen LogP contribution in [0.1, 0.15) is 26.3 Å². The number of para-hydroxylation sites is 1. The maximum atomic E-state index is 12.4. The van der Waals surface area contributed by atoms with E-state index in [-0.39, 0.29) is 17.2 Å². The number of nitrogens with one attached hydrogen (secondary N) is 1. The second-order valence-corrected chi connectivity index (χ2v) is 6.65. The molecule has 26 heavy (non-hydrogen) atoms. The van der Waals surface area contributed by atoms with Gasteiger partial charge in [-0.25, -0.2) is 4.79 Å². The zero-order chi connectivity index (χ0) is 18.4. The summed E-state index contributed by atoms with van der Waals surface area (Å²) in [5, 5.41) is 11.8. The van der Waals surface area contributed by atoms with Crippen molar-refractivity contribution in [1.29, 1.82) is 0 Å². The second kappa shape index (κ2) is 8.36. The third-order valence-corrected chi connectivity index (χ3v) is 4.85. The summed E-state index contributed by atoms with van der Waals surface area (Å²) < 4.78 is 0. The molecule has 3 rings (SSSR count). The molecular formula is C21H17NO3S. The first-order valence-electron chi connectivity index (χ1n) is 8.04. The molecular weight excluding hydrogens is 346 g/mol. The van der Waals surface area contributed by atoms with Crippen LogP contribution in [0, 0.1) is 0 Å². The van der Waals surface area contributed by atoms with E-state index in [9.17, 15) is 14.7 Å². The highest BCUT2D eigenvalue weighted by Gasteiger charge is 2.12. The van der Waals surface area contributed by atoms with Crippen molar-refractivity contribution in [3.63, 3.8) is 0 Å². The normalized spacial score (nSPS) is 10.3. The van der Waals surface area contributed by atoms with E-state index >= 15 is 0 Å². The van der Waals surface area contributed by atoms with Gasteiger partial charge in [0, 0.05) is 16.2 Å². The third-order valence-electron chi connectivity index (χ3n) is 3.77. The smallest absolute Gasteiger partial charge is 0.337 e. The van der Waals surface area contributed by atoms with Crippen molar-refractivity contribution in [3.05, 3.63) is 95.6 Å². The van der Waals surface area contributed by atoms with Crippen LogP contribution in [0.5, 0.6) is 0 Å². The van der Waals surface area contributed by atoms with Crippen LogP contribution in [0.15, 0.2) is 83.8 Å². The quantitative estimate of drug-likeness (QED) is 0.610. The Morgan fingerprint density at radius 1 is 0.846 bits per heavy atom. The van der Waals surface area contributed by atoms with Gasteiger partial charge in [0.15, 0.2) is 0 Å². The van der Waals surface area contributed by atoms with Crippen molar-refractivity contribution in [2.45, 2.75) is 10.6 Å². The molecule has 2 N–H and O–H groups in total. The van der Waals surface area contributed by atoms with Crippen LogP contribution < -0.4 is 5.32 Å². The fraction of sp³-hybridized carbons (Fsp3) is 0.0476. The van der Waals surface area contributed by atoms with Gasteiger partial charge in [-0.05, 0) is 42.0 Å². The van der Waals surface area contributed by atoms with Crippen LogP contribution in [0.2, 0.25) is 0 Å². The number of hydrogen-bond acceptors (Lipinski definition) is 3. The molecule has 130 valence electrons. The molecule has 0 aromatic heterocycles. The van der Waals surface area contributed by atoms with Gasteiger partial charge in [-0.1, -0.05) is 42.5 Å². The number of benzene rings is 3. The molecule has 0 aliphatic carbocycles. The van der Waals surface area contributed by atoms with Crippen LogP contribution >= 0.6 is 11.8 Å². The highest BCUT2D eigenvalue weighted by molar-refractivity contribution is 7.98. The first-order valence-corrected chi connectivity index (χ1v) is 9.02. The van der Waals surface area contributed by atoms with E-state index in [2.05, 4.69) is 17.4 Å². The molecule has 4 nitrogen and oxygen atoms in total. The zero-order valence-electron chi connectivity index (χ0n) is 13.9. The highest BCUT2D eigenvalue weighted by atomic mass is 32.2. The summed E-state index contributed by atoms with van der Waals surface area (Å²) in [7, 11) is 0. The minimum atomic E-state index is -1.07. The molecule has 3 aromatic carbocycles. The average molecular weight is 363 g/mol. The van der Waals surface area contributed by atoms with Gasteiger partial charge in [0.25, 0.3) is 5.91 Å². The first kappa shape index (κ1) is 17.8. The van der Waals surface area contributed by atoms with Crippen LogP contribution in [0.25, 0.3) is 0 Å². The van der Waals surface area contributed by atoms with Gasteiger partial charge in [0.1, 0.15) is 0 Å². The molecule has 0 saturated carbocycles. The van der Waals surface area contributed by atoms with Crippen LogP contribution in [-0.4, -0.2) is 17.0 Å². The van der Waals surface area contributed by atoms with Crippen molar-refractivity contribution in [2.24, 2.45) is 0 Å². The van der Waals surface area contributed by atoms with Crippen molar-refractivity contribution in [2.75, 3.05) is 5.32 Å². The van der Waals surface area contributed by atoms with Gasteiger partial charge in [-0.3, -0.25) is 4.79 Å². The molecule has 0 heterocycles. The molecule has 0 aliphatic heterocycles. The van der Waals surface area contributed by atoms with Crippen molar-refractivity contribution >= 4 is 29.3 Å². The van der Waals surface area contributed by atoms with Gasteiger partial charge < -0.3 is 10.4 Å². The van der Waals surface area contributed by atoms with E-state index in [1.165, 1.54) is 11.0 Å². The Kier molecular flexibility index (Phi) is 5.71. The molecule has 0 radical (unpaired) electrons. The van der Waals surface area contributed by atoms with Crippen LogP contribution in [0.4, 0.5) is 5.69 Å². The van der Waals surface area contributed by atoms with Gasteiger partial charge in [-0.2, -0.15) is 0 Å². The summed E-state index contributed by atoms with van der Waals surface area (Å²) in [4.78, 5) is 24.8. The summed E-state index contributed by atoms with van der Waals surface area (Å²) in [5.41, 5.74) is 1.95. The number of carboxylic acids is 1. The lowest BCUT2D eigenvalue weighted by Gasteiger charge is -2.09. The van der Waals surface area contributed by atoms with Gasteiger partial charge in [0.2, 0.25) is 0 Å². The number of carbonyl (C=O) groups is 2. The van der Waals surface area contributed by atoms with E-state index in [4.69, 9.17) is 0 Å².